The molecule has 2 aliphatic rings. The molecule has 2 aliphatic heterocycles. The first-order valence-electron chi connectivity index (χ1n) is 9.00. The van der Waals surface area contributed by atoms with E-state index in [9.17, 15) is 4.79 Å². The van der Waals surface area contributed by atoms with Gasteiger partial charge in [0.2, 0.25) is 0 Å². The Morgan fingerprint density at radius 3 is 2.72 bits per heavy atom. The lowest BCUT2D eigenvalue weighted by Gasteiger charge is -2.44. The molecule has 1 unspecified atom stereocenters. The van der Waals surface area contributed by atoms with Gasteiger partial charge in [0, 0.05) is 18.6 Å². The Balaban J connectivity index is 1.86. The highest BCUT2D eigenvalue weighted by Crippen LogP contribution is 2.32. The molecule has 138 valence electrons. The highest BCUT2D eigenvalue weighted by atomic mass is 16.6. The third-order valence-corrected chi connectivity index (χ3v) is 4.82. The van der Waals surface area contributed by atoms with Crippen LogP contribution in [0.15, 0.2) is 12.1 Å². The summed E-state index contributed by atoms with van der Waals surface area (Å²) in [6.07, 6.45) is -0.241. The van der Waals surface area contributed by atoms with E-state index in [1.807, 2.05) is 25.7 Å². The first-order chi connectivity index (χ1) is 11.6. The van der Waals surface area contributed by atoms with Gasteiger partial charge in [0.1, 0.15) is 5.60 Å². The summed E-state index contributed by atoms with van der Waals surface area (Å²) in [4.78, 5) is 14.4. The summed E-state index contributed by atoms with van der Waals surface area (Å²) in [5, 5.41) is 3.70. The number of hydrogen-bond acceptors (Lipinski definition) is 4. The minimum Gasteiger partial charge on any atom is -0.444 e. The number of rotatable bonds is 1. The topological polar surface area (TPSA) is 50.8 Å². The van der Waals surface area contributed by atoms with E-state index >= 15 is 0 Å². The Morgan fingerprint density at radius 1 is 1.32 bits per heavy atom. The lowest BCUT2D eigenvalue weighted by molar-refractivity contribution is 0.00894. The molecule has 5 heteroatoms. The van der Waals surface area contributed by atoms with E-state index < -0.39 is 5.60 Å². The number of carbonyl (C=O) groups is 1. The number of hydrogen-bond donors (Lipinski definition) is 1. The second-order valence-corrected chi connectivity index (χ2v) is 8.85. The fraction of sp³-hybridized carbons (Fsp3) is 0.650. The van der Waals surface area contributed by atoms with Crippen LogP contribution in [0.5, 0.6) is 0 Å². The van der Waals surface area contributed by atoms with Gasteiger partial charge >= 0.3 is 6.09 Å². The molecule has 25 heavy (non-hydrogen) atoms. The van der Waals surface area contributed by atoms with Crippen molar-refractivity contribution in [1.29, 1.82) is 0 Å². The molecule has 5 nitrogen and oxygen atoms in total. The van der Waals surface area contributed by atoms with E-state index in [0.29, 0.717) is 26.3 Å². The molecule has 0 saturated carbocycles. The van der Waals surface area contributed by atoms with E-state index in [4.69, 9.17) is 9.47 Å². The molecule has 1 amide bonds. The molecule has 1 N–H and O–H groups in total. The number of piperazine rings is 1. The molecule has 1 saturated heterocycles. The van der Waals surface area contributed by atoms with Gasteiger partial charge < -0.3 is 19.7 Å². The smallest absolute Gasteiger partial charge is 0.410 e. The first kappa shape index (κ1) is 18.2. The molecule has 3 rings (SSSR count). The Kier molecular flexibility index (Phi) is 4.58. The lowest BCUT2D eigenvalue weighted by Crippen LogP contribution is -2.60. The number of nitrogens with one attached hydrogen (secondary N) is 1. The van der Waals surface area contributed by atoms with Crippen molar-refractivity contribution in [2.45, 2.75) is 71.9 Å². The Morgan fingerprint density at radius 2 is 2.04 bits per heavy atom. The van der Waals surface area contributed by atoms with Crippen molar-refractivity contribution in [3.05, 3.63) is 34.4 Å². The molecule has 1 fully saturated rings. The Labute approximate surface area is 150 Å². The van der Waals surface area contributed by atoms with Crippen LogP contribution < -0.4 is 5.32 Å². The summed E-state index contributed by atoms with van der Waals surface area (Å²) in [6.45, 7) is 14.7. The molecule has 0 bridgehead atoms. The zero-order valence-corrected chi connectivity index (χ0v) is 16.2. The molecular formula is C20H30N2O3. The Hall–Kier alpha value is -1.59. The van der Waals surface area contributed by atoms with E-state index in [2.05, 4.69) is 38.2 Å². The molecule has 0 radical (unpaired) electrons. The van der Waals surface area contributed by atoms with Gasteiger partial charge in [0.15, 0.2) is 0 Å². The summed E-state index contributed by atoms with van der Waals surface area (Å²) in [6, 6.07) is 4.42. The third kappa shape index (κ3) is 3.98. The number of ether oxygens (including phenoxy) is 2. The zero-order chi connectivity index (χ0) is 18.4. The van der Waals surface area contributed by atoms with Crippen LogP contribution in [0.1, 0.15) is 62.9 Å². The minimum absolute atomic E-state index is 0.0853. The van der Waals surface area contributed by atoms with Crippen molar-refractivity contribution in [1.82, 2.24) is 10.2 Å². The van der Waals surface area contributed by atoms with Crippen LogP contribution in [0.4, 0.5) is 4.79 Å². The highest BCUT2D eigenvalue weighted by molar-refractivity contribution is 5.68. The van der Waals surface area contributed by atoms with Crippen LogP contribution in [-0.4, -0.2) is 35.2 Å². The molecular weight excluding hydrogens is 316 g/mol. The van der Waals surface area contributed by atoms with E-state index in [1.54, 1.807) is 0 Å². The van der Waals surface area contributed by atoms with Gasteiger partial charge in [-0.15, -0.1) is 0 Å². The monoisotopic (exact) mass is 346 g/mol. The summed E-state index contributed by atoms with van der Waals surface area (Å²) < 4.78 is 11.2. The summed E-state index contributed by atoms with van der Waals surface area (Å²) in [5.74, 6) is 0. The molecule has 1 atom stereocenters. The van der Waals surface area contributed by atoms with Crippen molar-refractivity contribution in [2.24, 2.45) is 0 Å². The quantitative estimate of drug-likeness (QED) is 0.843. The number of nitrogens with zero attached hydrogens (tertiary/aromatic N) is 1. The van der Waals surface area contributed by atoms with E-state index in [0.717, 1.165) is 0 Å². The van der Waals surface area contributed by atoms with Crippen molar-refractivity contribution in [2.75, 3.05) is 13.1 Å². The fourth-order valence-corrected chi connectivity index (χ4v) is 3.77. The van der Waals surface area contributed by atoms with Gasteiger partial charge in [0.25, 0.3) is 0 Å². The van der Waals surface area contributed by atoms with Gasteiger partial charge in [-0.2, -0.15) is 0 Å². The van der Waals surface area contributed by atoms with Crippen LogP contribution >= 0.6 is 0 Å². The summed E-state index contributed by atoms with van der Waals surface area (Å²) in [7, 11) is 0. The largest absolute Gasteiger partial charge is 0.444 e. The fourth-order valence-electron chi connectivity index (χ4n) is 3.77. The maximum absolute atomic E-state index is 12.6. The molecule has 1 aromatic carbocycles. The first-order valence-corrected chi connectivity index (χ1v) is 9.00. The van der Waals surface area contributed by atoms with Gasteiger partial charge in [-0.3, -0.25) is 0 Å². The van der Waals surface area contributed by atoms with Gasteiger partial charge in [-0.1, -0.05) is 12.1 Å². The average Bonchev–Trinajstić information content (AvgIpc) is 2.93. The van der Waals surface area contributed by atoms with E-state index in [1.165, 1.54) is 22.3 Å². The maximum Gasteiger partial charge on any atom is 0.410 e. The number of benzene rings is 1. The minimum atomic E-state index is -0.484. The molecule has 0 spiro atoms. The van der Waals surface area contributed by atoms with Gasteiger partial charge in [-0.25, -0.2) is 4.79 Å². The zero-order valence-electron chi connectivity index (χ0n) is 16.2. The standard InChI is InChI=1S/C20H30N2O3/c1-13-15(8-7-14-10-24-11-16(13)14)17-9-22(12-20(5,6)21-17)18(23)25-19(2,3)4/h7-8,17,21H,9-12H2,1-6H3. The van der Waals surface area contributed by atoms with Crippen LogP contribution in [0.2, 0.25) is 0 Å². The predicted octanol–water partition coefficient (Wildman–Crippen LogP) is 3.69. The normalized spacial score (nSPS) is 22.6. The van der Waals surface area contributed by atoms with Crippen molar-refractivity contribution in [3.8, 4) is 0 Å². The molecule has 1 aromatic rings. The number of amides is 1. The van der Waals surface area contributed by atoms with Crippen molar-refractivity contribution >= 4 is 6.09 Å². The van der Waals surface area contributed by atoms with Gasteiger partial charge in [-0.05, 0) is 63.8 Å². The van der Waals surface area contributed by atoms with Crippen molar-refractivity contribution < 1.29 is 14.3 Å². The second-order valence-electron chi connectivity index (χ2n) is 8.85. The predicted molar refractivity (Wildman–Crippen MR) is 97.4 cm³/mol. The maximum atomic E-state index is 12.6. The van der Waals surface area contributed by atoms with Gasteiger partial charge in [0.05, 0.1) is 19.3 Å². The van der Waals surface area contributed by atoms with Crippen LogP contribution in [-0.2, 0) is 22.7 Å². The highest BCUT2D eigenvalue weighted by Gasteiger charge is 2.37. The SMILES string of the molecule is Cc1c(C2CN(C(=O)OC(C)(C)C)CC(C)(C)N2)ccc2c1COC2. The molecule has 2 heterocycles. The second kappa shape index (κ2) is 6.29. The van der Waals surface area contributed by atoms with Crippen LogP contribution in [0.25, 0.3) is 0 Å². The lowest BCUT2D eigenvalue weighted by atomic mass is 9.90. The summed E-state index contributed by atoms with van der Waals surface area (Å²) >= 11 is 0. The number of carbonyl (C=O) groups excluding carboxylic acids is 1. The average molecular weight is 346 g/mol. The number of fused-ring (bicyclic) bond motifs is 1. The van der Waals surface area contributed by atoms with Crippen LogP contribution in [0, 0.1) is 6.92 Å². The molecule has 0 aliphatic carbocycles. The summed E-state index contributed by atoms with van der Waals surface area (Å²) in [5.41, 5.74) is 4.43. The third-order valence-electron chi connectivity index (χ3n) is 4.82. The molecule has 0 aromatic heterocycles. The Bertz CT molecular complexity index is 676. The van der Waals surface area contributed by atoms with Crippen LogP contribution in [0.3, 0.4) is 0 Å². The van der Waals surface area contributed by atoms with Crippen molar-refractivity contribution in [3.63, 3.8) is 0 Å². The van der Waals surface area contributed by atoms with E-state index in [-0.39, 0.29) is 17.7 Å².